The van der Waals surface area contributed by atoms with Gasteiger partial charge in [0.05, 0.1) is 5.56 Å². The fraction of sp³-hybridized carbons (Fsp3) is 0.529. The molecule has 0 radical (unpaired) electrons. The first-order valence-electron chi connectivity index (χ1n) is 7.62. The number of nitrogens with zero attached hydrogens (tertiary/aromatic N) is 1. The normalized spacial score (nSPS) is 22.1. The van der Waals surface area contributed by atoms with Gasteiger partial charge < -0.3 is 10.0 Å². The molecular weight excluding hydrogens is 266 g/mol. The van der Waals surface area contributed by atoms with Gasteiger partial charge in [-0.25, -0.2) is 4.79 Å². The Kier molecular flexibility index (Phi) is 4.99. The molecule has 0 spiro atoms. The first-order valence-corrected chi connectivity index (χ1v) is 7.62. The molecule has 1 amide bonds. The minimum absolute atomic E-state index is 0.206. The second-order valence-electron chi connectivity index (χ2n) is 5.93. The van der Waals surface area contributed by atoms with Gasteiger partial charge in [0.1, 0.15) is 0 Å². The Hall–Kier alpha value is -1.84. The van der Waals surface area contributed by atoms with Crippen LogP contribution in [0.4, 0.5) is 0 Å². The van der Waals surface area contributed by atoms with E-state index in [-0.39, 0.29) is 11.5 Å². The molecule has 1 N–H and O–H groups in total. The van der Waals surface area contributed by atoms with Crippen molar-refractivity contribution in [1.29, 1.82) is 0 Å². The summed E-state index contributed by atoms with van der Waals surface area (Å²) in [6, 6.07) is 7.42. The molecule has 0 saturated carbocycles. The van der Waals surface area contributed by atoms with Crippen molar-refractivity contribution in [3.8, 4) is 0 Å². The zero-order valence-corrected chi connectivity index (χ0v) is 12.7. The standard InChI is InChI=1S/C17H23NO3/c1-12-4-3-5-13(2)18(12)16(19)11-8-14-6-9-15(10-7-14)17(20)21/h6-7,9-10,12-13H,3-5,8,11H2,1-2H3,(H,20,21). The molecule has 1 heterocycles. The van der Waals surface area contributed by atoms with Crippen LogP contribution in [0.25, 0.3) is 0 Å². The first kappa shape index (κ1) is 15.5. The van der Waals surface area contributed by atoms with Crippen molar-refractivity contribution in [3.63, 3.8) is 0 Å². The molecule has 1 fully saturated rings. The van der Waals surface area contributed by atoms with Crippen LogP contribution < -0.4 is 0 Å². The summed E-state index contributed by atoms with van der Waals surface area (Å²) in [6.45, 7) is 4.24. The molecule has 1 aliphatic rings. The average molecular weight is 289 g/mol. The van der Waals surface area contributed by atoms with E-state index >= 15 is 0 Å². The van der Waals surface area contributed by atoms with Crippen LogP contribution in [0.2, 0.25) is 0 Å². The fourth-order valence-electron chi connectivity index (χ4n) is 3.11. The van der Waals surface area contributed by atoms with Crippen molar-refractivity contribution in [1.82, 2.24) is 4.90 Å². The first-order chi connectivity index (χ1) is 9.99. The molecular formula is C17H23NO3. The molecule has 2 atom stereocenters. The summed E-state index contributed by atoms with van der Waals surface area (Å²) in [5.74, 6) is -0.717. The number of hydrogen-bond acceptors (Lipinski definition) is 2. The lowest BCUT2D eigenvalue weighted by molar-refractivity contribution is -0.137. The summed E-state index contributed by atoms with van der Waals surface area (Å²) in [4.78, 5) is 25.2. The molecule has 4 heteroatoms. The van der Waals surface area contributed by atoms with Crippen LogP contribution in [0, 0.1) is 0 Å². The van der Waals surface area contributed by atoms with Crippen molar-refractivity contribution in [2.24, 2.45) is 0 Å². The van der Waals surface area contributed by atoms with Crippen molar-refractivity contribution < 1.29 is 14.7 Å². The monoisotopic (exact) mass is 289 g/mol. The maximum absolute atomic E-state index is 12.4. The number of amides is 1. The highest BCUT2D eigenvalue weighted by Gasteiger charge is 2.28. The van der Waals surface area contributed by atoms with E-state index in [0.29, 0.717) is 24.9 Å². The van der Waals surface area contributed by atoms with Gasteiger partial charge >= 0.3 is 5.97 Å². The summed E-state index contributed by atoms with van der Waals surface area (Å²) >= 11 is 0. The maximum atomic E-state index is 12.4. The Morgan fingerprint density at radius 3 is 2.24 bits per heavy atom. The molecule has 1 aromatic carbocycles. The Morgan fingerprint density at radius 2 is 1.71 bits per heavy atom. The van der Waals surface area contributed by atoms with Crippen LogP contribution in [-0.4, -0.2) is 34.0 Å². The average Bonchev–Trinajstić information content (AvgIpc) is 2.45. The van der Waals surface area contributed by atoms with E-state index in [9.17, 15) is 9.59 Å². The molecule has 1 aromatic rings. The molecule has 2 unspecified atom stereocenters. The van der Waals surface area contributed by atoms with Crippen molar-refractivity contribution in [2.45, 2.75) is 58.0 Å². The van der Waals surface area contributed by atoms with E-state index in [4.69, 9.17) is 5.11 Å². The largest absolute Gasteiger partial charge is 0.478 e. The Balaban J connectivity index is 1.92. The predicted molar refractivity (Wildman–Crippen MR) is 81.3 cm³/mol. The van der Waals surface area contributed by atoms with Gasteiger partial charge in [0, 0.05) is 18.5 Å². The third kappa shape index (κ3) is 3.84. The number of carboxylic acids is 1. The highest BCUT2D eigenvalue weighted by Crippen LogP contribution is 2.23. The molecule has 114 valence electrons. The van der Waals surface area contributed by atoms with Crippen LogP contribution in [0.15, 0.2) is 24.3 Å². The number of likely N-dealkylation sites (tertiary alicyclic amines) is 1. The predicted octanol–water partition coefficient (Wildman–Crippen LogP) is 3.11. The van der Waals surface area contributed by atoms with Crippen LogP contribution >= 0.6 is 0 Å². The van der Waals surface area contributed by atoms with Gasteiger partial charge in [-0.1, -0.05) is 12.1 Å². The minimum atomic E-state index is -0.923. The van der Waals surface area contributed by atoms with Crippen molar-refractivity contribution >= 4 is 11.9 Å². The highest BCUT2D eigenvalue weighted by atomic mass is 16.4. The van der Waals surface area contributed by atoms with Gasteiger partial charge in [0.2, 0.25) is 5.91 Å². The summed E-state index contributed by atoms with van der Waals surface area (Å²) < 4.78 is 0. The Labute approximate surface area is 125 Å². The van der Waals surface area contributed by atoms with Crippen LogP contribution in [-0.2, 0) is 11.2 Å². The minimum Gasteiger partial charge on any atom is -0.478 e. The lowest BCUT2D eigenvalue weighted by atomic mass is 9.96. The second kappa shape index (κ2) is 6.74. The molecule has 0 aliphatic carbocycles. The van der Waals surface area contributed by atoms with E-state index in [1.54, 1.807) is 24.3 Å². The van der Waals surface area contributed by atoms with E-state index < -0.39 is 5.97 Å². The number of benzene rings is 1. The Bertz CT molecular complexity index is 499. The maximum Gasteiger partial charge on any atom is 0.335 e. The van der Waals surface area contributed by atoms with E-state index in [0.717, 1.165) is 18.4 Å². The molecule has 21 heavy (non-hydrogen) atoms. The number of piperidine rings is 1. The molecule has 4 nitrogen and oxygen atoms in total. The fourth-order valence-corrected chi connectivity index (χ4v) is 3.11. The molecule has 2 rings (SSSR count). The topological polar surface area (TPSA) is 57.6 Å². The third-order valence-corrected chi connectivity index (χ3v) is 4.31. The number of carbonyl (C=O) groups is 2. The quantitative estimate of drug-likeness (QED) is 0.926. The van der Waals surface area contributed by atoms with Gasteiger partial charge in [-0.15, -0.1) is 0 Å². The highest BCUT2D eigenvalue weighted by molar-refractivity contribution is 5.87. The summed E-state index contributed by atoms with van der Waals surface area (Å²) in [5, 5.41) is 8.86. The van der Waals surface area contributed by atoms with Gasteiger partial charge in [0.25, 0.3) is 0 Å². The summed E-state index contributed by atoms with van der Waals surface area (Å²) in [6.07, 6.45) is 4.52. The molecule has 0 aromatic heterocycles. The van der Waals surface area contributed by atoms with Crippen LogP contribution in [0.1, 0.15) is 55.5 Å². The number of hydrogen-bond donors (Lipinski definition) is 1. The van der Waals surface area contributed by atoms with Gasteiger partial charge in [0.15, 0.2) is 0 Å². The van der Waals surface area contributed by atoms with E-state index in [2.05, 4.69) is 13.8 Å². The number of carboxylic acid groups (broad SMARTS) is 1. The van der Waals surface area contributed by atoms with E-state index in [1.165, 1.54) is 6.42 Å². The zero-order chi connectivity index (χ0) is 15.4. The van der Waals surface area contributed by atoms with Crippen LogP contribution in [0.5, 0.6) is 0 Å². The van der Waals surface area contributed by atoms with Gasteiger partial charge in [-0.05, 0) is 57.2 Å². The van der Waals surface area contributed by atoms with Crippen molar-refractivity contribution in [2.75, 3.05) is 0 Å². The lowest BCUT2D eigenvalue weighted by Crippen LogP contribution is -2.47. The number of aromatic carboxylic acids is 1. The molecule has 1 aliphatic heterocycles. The van der Waals surface area contributed by atoms with Crippen molar-refractivity contribution in [3.05, 3.63) is 35.4 Å². The van der Waals surface area contributed by atoms with Gasteiger partial charge in [-0.3, -0.25) is 4.79 Å². The molecule has 0 bridgehead atoms. The number of rotatable bonds is 4. The summed E-state index contributed by atoms with van der Waals surface area (Å²) in [7, 11) is 0. The SMILES string of the molecule is CC1CCCC(C)N1C(=O)CCc1ccc(C(=O)O)cc1. The van der Waals surface area contributed by atoms with E-state index in [1.807, 2.05) is 4.90 Å². The third-order valence-electron chi connectivity index (χ3n) is 4.31. The number of aryl methyl sites for hydroxylation is 1. The van der Waals surface area contributed by atoms with Gasteiger partial charge in [-0.2, -0.15) is 0 Å². The zero-order valence-electron chi connectivity index (χ0n) is 12.7. The van der Waals surface area contributed by atoms with Crippen LogP contribution in [0.3, 0.4) is 0 Å². The summed E-state index contributed by atoms with van der Waals surface area (Å²) in [5.41, 5.74) is 1.29. The Morgan fingerprint density at radius 1 is 1.14 bits per heavy atom. The number of carbonyl (C=O) groups excluding carboxylic acids is 1. The second-order valence-corrected chi connectivity index (χ2v) is 5.93. The smallest absolute Gasteiger partial charge is 0.335 e. The molecule has 1 saturated heterocycles. The lowest BCUT2D eigenvalue weighted by Gasteiger charge is -2.39.